The quantitative estimate of drug-likeness (QED) is 0.121. The molecule has 24 rings (SSSR count). The largest absolute Gasteiger partial charge is 0.455 e. The van der Waals surface area contributed by atoms with E-state index in [1.807, 2.05) is 146 Å². The second-order valence-electron chi connectivity index (χ2n) is 31.8. The number of anilines is 6. The monoisotopic (exact) mass is 1530 g/mol. The Morgan fingerprint density at radius 1 is 0.269 bits per heavy atom. The van der Waals surface area contributed by atoms with E-state index in [0.717, 1.165) is 99.3 Å². The van der Waals surface area contributed by atoms with E-state index in [-0.39, 0.29) is 60.4 Å². The number of benzene rings is 18. The van der Waals surface area contributed by atoms with E-state index in [0.29, 0.717) is 78.5 Å². The first kappa shape index (κ1) is 53.8. The fourth-order valence-electron chi connectivity index (χ4n) is 18.8. The third kappa shape index (κ3) is 10.7. The molecule has 0 amide bonds. The second-order valence-corrected chi connectivity index (χ2v) is 31.8. The Balaban J connectivity index is 0.934. The highest BCUT2D eigenvalue weighted by Gasteiger charge is 2.47. The summed E-state index contributed by atoms with van der Waals surface area (Å²) in [6.45, 7) is 5.64. The van der Waals surface area contributed by atoms with Crippen molar-refractivity contribution in [3.8, 4) is 89.3 Å². The molecule has 0 fully saturated rings. The van der Waals surface area contributed by atoms with Crippen molar-refractivity contribution in [2.75, 3.05) is 9.80 Å². The summed E-state index contributed by atoms with van der Waals surface area (Å²) in [5.41, 5.74) is 20.3. The minimum Gasteiger partial charge on any atom is -0.455 e. The molecule has 119 heavy (non-hydrogen) atoms. The standard InChI is InChI=1S/C112H75BN4O2/c1-112(2,3)78-56-54-72(55-57-78)77-66-103-107-104(67-77)117(109-92(74-36-14-7-15-37-74)63-76(71-32-10-5-11-33-71)65-94(109)90-47-29-45-88-86-43-21-27-53-106(86)119-111(88)90)102-69-80(115-99-50-24-18-40-83(99)84-41-19-25-51-100(84)115)59-61-96(102)113(107)95-60-58-79(114-97-48-22-16-38-81(97)82-39-17-23-49-98(82)114)68-101(95)116(103)108-91(73-34-12-6-13-35-73)62-75(70-30-8-4-9-31-70)64-93(108)89-46-28-44-87-85-42-20-26-52-105(85)118-110(87)89/h4-69H,1-3H3/i16D,17D,18D,19D,22D,23D,24D,25D,38D,39D,40D,41D,48D,49D,50D,51D. The molecule has 0 N–H and O–H groups in total. The Morgan fingerprint density at radius 2 is 0.613 bits per heavy atom. The smallest absolute Gasteiger partial charge is 0.252 e. The van der Waals surface area contributed by atoms with Crippen molar-refractivity contribution >= 4 is 145 Å². The summed E-state index contributed by atoms with van der Waals surface area (Å²) in [5, 5.41) is 3.09. The number of rotatable bonds is 11. The summed E-state index contributed by atoms with van der Waals surface area (Å²) in [7, 11) is 0. The SMILES string of the molecule is [2H]c1c([2H])c([2H])c2c(c1[2H])c1c([2H])c([2H])c([2H])c([2H])c1n2-c1ccc2c(c1)N(c1c(-c3ccccc3)cc(-c3ccccc3)cc1-c1cccc3c1oc1ccccc13)c1cc(-c3ccc(C(C)(C)C)cc3)cc3c1B2c1ccc(-n2c4c([2H])c([2H])c([2H])c([2H])c4c4c([2H])c([2H])c([2H])c([2H])c42)cc1N3c1c(-c2ccccc2)cc(-c2ccccc2)cc1-c1cccc2c1oc1ccccc12. The number of para-hydroxylation sites is 8. The van der Waals surface area contributed by atoms with Crippen LogP contribution in [0.2, 0.25) is 0 Å². The third-order valence-corrected chi connectivity index (χ3v) is 24.1. The maximum absolute atomic E-state index is 10.1. The van der Waals surface area contributed by atoms with Crippen LogP contribution in [-0.2, 0) is 5.41 Å². The first-order valence-corrected chi connectivity index (χ1v) is 39.9. The molecule has 18 aromatic carbocycles. The molecule has 0 saturated heterocycles. The molecule has 0 unspecified atom stereocenters. The summed E-state index contributed by atoms with van der Waals surface area (Å²) in [4.78, 5) is 4.63. The van der Waals surface area contributed by atoms with Crippen LogP contribution in [0.15, 0.2) is 409 Å². The van der Waals surface area contributed by atoms with Gasteiger partial charge in [0.2, 0.25) is 0 Å². The lowest BCUT2D eigenvalue weighted by molar-refractivity contribution is 0.590. The molecule has 4 aromatic heterocycles. The summed E-state index contributed by atoms with van der Waals surface area (Å²) >= 11 is 0. The number of hydrogen-bond acceptors (Lipinski definition) is 4. The van der Waals surface area contributed by atoms with Crippen LogP contribution in [0.3, 0.4) is 0 Å². The van der Waals surface area contributed by atoms with E-state index in [4.69, 9.17) is 8.83 Å². The van der Waals surface area contributed by atoms with Gasteiger partial charge in [0.25, 0.3) is 6.71 Å². The van der Waals surface area contributed by atoms with Crippen LogP contribution in [0.4, 0.5) is 34.1 Å². The number of nitrogens with zero attached hydrogens (tertiary/aromatic N) is 4. The minimum absolute atomic E-state index is 0.0870. The van der Waals surface area contributed by atoms with Gasteiger partial charge in [0.15, 0.2) is 0 Å². The van der Waals surface area contributed by atoms with Crippen molar-refractivity contribution in [2.24, 2.45) is 0 Å². The maximum Gasteiger partial charge on any atom is 0.252 e. The molecule has 0 bridgehead atoms. The number of hydrogen-bond donors (Lipinski definition) is 0. The van der Waals surface area contributed by atoms with Crippen LogP contribution in [0.5, 0.6) is 0 Å². The first-order chi connectivity index (χ1) is 65.3. The van der Waals surface area contributed by atoms with Gasteiger partial charge in [-0.15, -0.1) is 0 Å². The minimum atomic E-state index is -0.898. The highest BCUT2D eigenvalue weighted by molar-refractivity contribution is 7.00. The topological polar surface area (TPSA) is 42.6 Å². The third-order valence-electron chi connectivity index (χ3n) is 24.1. The lowest BCUT2D eigenvalue weighted by Gasteiger charge is -2.46. The van der Waals surface area contributed by atoms with Gasteiger partial charge in [0, 0.05) is 111 Å². The van der Waals surface area contributed by atoms with Gasteiger partial charge in [-0.2, -0.15) is 0 Å². The summed E-state index contributed by atoms with van der Waals surface area (Å²) in [6.07, 6.45) is 0. The van der Waals surface area contributed by atoms with Gasteiger partial charge < -0.3 is 27.8 Å². The first-order valence-electron chi connectivity index (χ1n) is 47.9. The van der Waals surface area contributed by atoms with Crippen LogP contribution in [0.1, 0.15) is 48.3 Å². The Hall–Kier alpha value is -15.2. The Morgan fingerprint density at radius 3 is 1.02 bits per heavy atom. The van der Waals surface area contributed by atoms with Crippen LogP contribution < -0.4 is 26.2 Å². The average Bonchev–Trinajstić information content (AvgIpc) is 1.58. The molecular weight excluding hydrogens is 1440 g/mol. The Kier molecular flexibility index (Phi) is 12.1. The van der Waals surface area contributed by atoms with Gasteiger partial charge in [-0.05, 0) is 169 Å². The number of fused-ring (bicyclic) bond motifs is 16. The molecule has 0 atom stereocenters. The van der Waals surface area contributed by atoms with Crippen molar-refractivity contribution in [2.45, 2.75) is 26.2 Å². The summed E-state index contributed by atoms with van der Waals surface area (Å²) < 4.78 is 172. The fourth-order valence-corrected chi connectivity index (χ4v) is 18.8. The molecule has 7 heteroatoms. The van der Waals surface area contributed by atoms with Crippen molar-refractivity contribution in [3.05, 3.63) is 406 Å². The van der Waals surface area contributed by atoms with Crippen LogP contribution in [0.25, 0.3) is 177 Å². The molecule has 0 radical (unpaired) electrons. The molecule has 6 nitrogen and oxygen atoms in total. The van der Waals surface area contributed by atoms with Gasteiger partial charge in [-0.3, -0.25) is 0 Å². The highest BCUT2D eigenvalue weighted by Crippen LogP contribution is 2.57. The van der Waals surface area contributed by atoms with E-state index in [1.54, 1.807) is 9.13 Å². The van der Waals surface area contributed by atoms with E-state index in [2.05, 4.69) is 188 Å². The van der Waals surface area contributed by atoms with Gasteiger partial charge in [0.05, 0.1) is 55.4 Å². The van der Waals surface area contributed by atoms with Crippen molar-refractivity contribution in [3.63, 3.8) is 0 Å². The second kappa shape index (κ2) is 26.7. The molecule has 0 aliphatic carbocycles. The average molecular weight is 1540 g/mol. The van der Waals surface area contributed by atoms with Crippen LogP contribution in [-0.4, -0.2) is 15.8 Å². The molecular formula is C112H75BN4O2. The molecule has 2 aliphatic rings. The van der Waals surface area contributed by atoms with E-state index >= 15 is 0 Å². The molecule has 22 aromatic rings. The zero-order valence-corrected chi connectivity index (χ0v) is 64.6. The Labute approximate surface area is 711 Å². The van der Waals surface area contributed by atoms with Crippen LogP contribution >= 0.6 is 0 Å². The van der Waals surface area contributed by atoms with Gasteiger partial charge in [0.1, 0.15) is 22.3 Å². The normalized spacial score (nSPS) is 14.5. The summed E-state index contributed by atoms with van der Waals surface area (Å²) in [6, 6.07) is 94.4. The highest BCUT2D eigenvalue weighted by atomic mass is 16.3. The fraction of sp³-hybridized carbons (Fsp3) is 0.0357. The zero-order chi connectivity index (χ0) is 92.6. The van der Waals surface area contributed by atoms with E-state index < -0.39 is 103 Å². The molecule has 6 heterocycles. The van der Waals surface area contributed by atoms with Crippen molar-refractivity contribution in [1.29, 1.82) is 0 Å². The lowest BCUT2D eigenvalue weighted by Crippen LogP contribution is -2.61. The number of aromatic nitrogens is 2. The zero-order valence-electron chi connectivity index (χ0n) is 80.6. The van der Waals surface area contributed by atoms with E-state index in [9.17, 15) is 21.9 Å². The van der Waals surface area contributed by atoms with Gasteiger partial charge in [-0.25, -0.2) is 0 Å². The predicted molar refractivity (Wildman–Crippen MR) is 500 cm³/mol. The van der Waals surface area contributed by atoms with Crippen molar-refractivity contribution < 1.29 is 30.8 Å². The molecule has 0 spiro atoms. The van der Waals surface area contributed by atoms with E-state index in [1.165, 1.54) is 0 Å². The lowest BCUT2D eigenvalue weighted by atomic mass is 9.33. The molecule has 2 aliphatic heterocycles. The van der Waals surface area contributed by atoms with Crippen LogP contribution in [0, 0.1) is 0 Å². The predicted octanol–water partition coefficient (Wildman–Crippen LogP) is 28.7. The molecule has 0 saturated carbocycles. The molecule has 558 valence electrons. The van der Waals surface area contributed by atoms with Gasteiger partial charge in [-0.1, -0.05) is 324 Å². The van der Waals surface area contributed by atoms with Gasteiger partial charge >= 0.3 is 0 Å². The maximum atomic E-state index is 10.1. The summed E-state index contributed by atoms with van der Waals surface area (Å²) in [5.74, 6) is 0. The number of furan rings is 2. The van der Waals surface area contributed by atoms with Crippen molar-refractivity contribution in [1.82, 2.24) is 9.13 Å². The Bertz CT molecular complexity index is 8300.